The Kier molecular flexibility index (Phi) is 4.47. The molecule has 0 radical (unpaired) electrons. The zero-order chi connectivity index (χ0) is 22.4. The molecule has 0 spiro atoms. The summed E-state index contributed by atoms with van der Waals surface area (Å²) in [5, 5.41) is 4.23. The second kappa shape index (κ2) is 7.64. The quantitative estimate of drug-likeness (QED) is 0.334. The second-order valence-corrected chi connectivity index (χ2v) is 8.65. The Morgan fingerprint density at radius 3 is 1.73 bits per heavy atom. The zero-order valence-electron chi connectivity index (χ0n) is 18.6. The van der Waals surface area contributed by atoms with E-state index in [1.807, 2.05) is 0 Å². The van der Waals surface area contributed by atoms with E-state index in [4.69, 9.17) is 0 Å². The van der Waals surface area contributed by atoms with E-state index in [1.165, 1.54) is 16.8 Å². The molecule has 0 saturated heterocycles. The third kappa shape index (κ3) is 3.74. The van der Waals surface area contributed by atoms with Crippen LogP contribution in [0.1, 0.15) is 22.8 Å². The van der Waals surface area contributed by atoms with Gasteiger partial charge >= 0.3 is 0 Å². The van der Waals surface area contributed by atoms with E-state index >= 15 is 0 Å². The van der Waals surface area contributed by atoms with Crippen molar-refractivity contribution in [3.05, 3.63) is 111 Å². The standard InChI is InChI=1S/C28H25N5/c1-33(2)28-6-4-3-5-25(28)26-16-24-15-22-10-9-20(30-22)13-18-7-8-19(29-18)14-21-11-12-23(31-21)17-27(26)32-24/h3-17,29-32H,1-2H3. The zero-order valence-corrected chi connectivity index (χ0v) is 18.6. The van der Waals surface area contributed by atoms with E-state index in [9.17, 15) is 0 Å². The molecular formula is C28H25N5. The first-order valence-electron chi connectivity index (χ1n) is 11.1. The average molecular weight is 432 g/mol. The molecule has 8 bridgehead atoms. The van der Waals surface area contributed by atoms with E-state index in [1.54, 1.807) is 0 Å². The smallest absolute Gasteiger partial charge is 0.0486 e. The van der Waals surface area contributed by atoms with E-state index in [-0.39, 0.29) is 0 Å². The fraction of sp³-hybridized carbons (Fsp3) is 0.0714. The van der Waals surface area contributed by atoms with Crippen LogP contribution in [0.3, 0.4) is 0 Å². The maximum atomic E-state index is 3.63. The molecule has 5 heterocycles. The van der Waals surface area contributed by atoms with Gasteiger partial charge in [-0.1, -0.05) is 18.2 Å². The van der Waals surface area contributed by atoms with E-state index < -0.39 is 0 Å². The van der Waals surface area contributed by atoms with E-state index in [0.717, 1.165) is 44.2 Å². The Balaban J connectivity index is 1.63. The van der Waals surface area contributed by atoms with Crippen LogP contribution >= 0.6 is 0 Å². The normalized spacial score (nSPS) is 12.3. The molecule has 0 fully saturated rings. The van der Waals surface area contributed by atoms with Gasteiger partial charge in [-0.05, 0) is 72.8 Å². The molecule has 5 heteroatoms. The first kappa shape index (κ1) is 19.3. The minimum absolute atomic E-state index is 1.05. The fourth-order valence-electron chi connectivity index (χ4n) is 4.45. The summed E-state index contributed by atoms with van der Waals surface area (Å²) < 4.78 is 0. The Labute approximate surface area is 191 Å². The number of hydrogen-bond donors (Lipinski definition) is 4. The highest BCUT2D eigenvalue weighted by molar-refractivity contribution is 5.79. The number of hydrogen-bond acceptors (Lipinski definition) is 1. The predicted octanol–water partition coefficient (Wildman–Crippen LogP) is 2.36. The summed E-state index contributed by atoms with van der Waals surface area (Å²) in [6, 6.07) is 23.4. The van der Waals surface area contributed by atoms with Crippen LogP contribution in [-0.4, -0.2) is 34.0 Å². The summed E-state index contributed by atoms with van der Waals surface area (Å²) in [6.07, 6.45) is 8.57. The number of H-pyrrole nitrogens is 4. The van der Waals surface area contributed by atoms with Gasteiger partial charge in [0, 0.05) is 75.1 Å². The molecule has 0 aliphatic carbocycles. The highest BCUT2D eigenvalue weighted by Gasteiger charge is 2.10. The molecule has 5 nitrogen and oxygen atoms in total. The van der Waals surface area contributed by atoms with Crippen LogP contribution in [0.2, 0.25) is 0 Å². The maximum Gasteiger partial charge on any atom is 0.0486 e. The van der Waals surface area contributed by atoms with Crippen LogP contribution in [0.5, 0.6) is 0 Å². The summed E-state index contributed by atoms with van der Waals surface area (Å²) in [5.74, 6) is 0. The lowest BCUT2D eigenvalue weighted by molar-refractivity contribution is 1.13. The molecule has 4 N–H and O–H groups in total. The van der Waals surface area contributed by atoms with Gasteiger partial charge in [0.1, 0.15) is 0 Å². The molecule has 33 heavy (non-hydrogen) atoms. The van der Waals surface area contributed by atoms with Crippen molar-refractivity contribution in [2.75, 3.05) is 19.0 Å². The first-order chi connectivity index (χ1) is 16.1. The van der Waals surface area contributed by atoms with Crippen molar-refractivity contribution in [3.8, 4) is 11.1 Å². The van der Waals surface area contributed by atoms with Crippen molar-refractivity contribution in [1.82, 2.24) is 19.9 Å². The van der Waals surface area contributed by atoms with Crippen molar-refractivity contribution >= 4 is 30.0 Å². The van der Waals surface area contributed by atoms with Gasteiger partial charge < -0.3 is 24.8 Å². The number of aromatic amines is 4. The first-order valence-corrected chi connectivity index (χ1v) is 11.1. The number of rotatable bonds is 2. The number of anilines is 1. The van der Waals surface area contributed by atoms with E-state index in [0.29, 0.717) is 0 Å². The monoisotopic (exact) mass is 431 g/mol. The van der Waals surface area contributed by atoms with Crippen LogP contribution in [-0.2, 0) is 0 Å². The molecule has 0 amide bonds. The van der Waals surface area contributed by atoms with Crippen LogP contribution in [0, 0.1) is 0 Å². The van der Waals surface area contributed by atoms with Gasteiger partial charge in [0.25, 0.3) is 0 Å². The van der Waals surface area contributed by atoms with Crippen molar-refractivity contribution in [2.45, 2.75) is 0 Å². The van der Waals surface area contributed by atoms with Crippen molar-refractivity contribution in [3.63, 3.8) is 0 Å². The van der Waals surface area contributed by atoms with Crippen molar-refractivity contribution in [2.24, 2.45) is 0 Å². The van der Waals surface area contributed by atoms with Gasteiger partial charge in [0.15, 0.2) is 0 Å². The Bertz CT molecular complexity index is 1700. The molecule has 5 aromatic rings. The number of benzene rings is 1. The minimum Gasteiger partial charge on any atom is -0.377 e. The lowest BCUT2D eigenvalue weighted by atomic mass is 10.0. The summed E-state index contributed by atoms with van der Waals surface area (Å²) >= 11 is 0. The van der Waals surface area contributed by atoms with Gasteiger partial charge in [-0.15, -0.1) is 0 Å². The third-order valence-corrected chi connectivity index (χ3v) is 5.97. The molecule has 4 aromatic heterocycles. The SMILES string of the molecule is CN(C)c1ccccc1-c1cc2[nH]c1=Cc1ccc([nH]1)C=c1ccc([nH]1)=Cc1ccc([nH]1)C=2. The van der Waals surface area contributed by atoms with Crippen LogP contribution in [0.25, 0.3) is 35.4 Å². The van der Waals surface area contributed by atoms with Gasteiger partial charge in [-0.25, -0.2) is 0 Å². The number of para-hydroxylation sites is 1. The molecule has 0 unspecified atom stereocenters. The fourth-order valence-corrected chi connectivity index (χ4v) is 4.45. The summed E-state index contributed by atoms with van der Waals surface area (Å²) in [4.78, 5) is 16.3. The number of nitrogens with zero attached hydrogens (tertiary/aromatic N) is 1. The molecule has 1 aromatic carbocycles. The number of fused-ring (bicyclic) bond motifs is 8. The molecule has 1 aliphatic rings. The number of aromatic nitrogens is 4. The van der Waals surface area contributed by atoms with Crippen LogP contribution in [0.4, 0.5) is 5.69 Å². The second-order valence-electron chi connectivity index (χ2n) is 8.65. The highest BCUT2D eigenvalue weighted by atomic mass is 15.1. The van der Waals surface area contributed by atoms with Gasteiger partial charge in [-0.2, -0.15) is 0 Å². The molecular weight excluding hydrogens is 406 g/mol. The Morgan fingerprint density at radius 1 is 0.515 bits per heavy atom. The third-order valence-electron chi connectivity index (χ3n) is 5.97. The Morgan fingerprint density at radius 2 is 1.09 bits per heavy atom. The average Bonchev–Trinajstić information content (AvgIpc) is 3.59. The number of nitrogens with one attached hydrogen (secondary N) is 4. The summed E-state index contributed by atoms with van der Waals surface area (Å²) in [7, 11) is 4.17. The topological polar surface area (TPSA) is 66.4 Å². The van der Waals surface area contributed by atoms with Crippen LogP contribution < -0.4 is 26.3 Å². The lowest BCUT2D eigenvalue weighted by Crippen LogP contribution is -2.13. The Hall–Kier alpha value is -4.38. The summed E-state index contributed by atoms with van der Waals surface area (Å²) in [6.45, 7) is 0. The van der Waals surface area contributed by atoms with Gasteiger partial charge in [0.05, 0.1) is 0 Å². The van der Waals surface area contributed by atoms with E-state index in [2.05, 4.69) is 130 Å². The molecule has 162 valence electrons. The summed E-state index contributed by atoms with van der Waals surface area (Å²) in [5.41, 5.74) is 7.75. The van der Waals surface area contributed by atoms with Crippen molar-refractivity contribution in [1.29, 1.82) is 0 Å². The van der Waals surface area contributed by atoms with Gasteiger partial charge in [0.2, 0.25) is 0 Å². The molecule has 6 rings (SSSR count). The minimum atomic E-state index is 1.05. The lowest BCUT2D eigenvalue weighted by Gasteiger charge is -2.16. The highest BCUT2D eigenvalue weighted by Crippen LogP contribution is 2.26. The van der Waals surface area contributed by atoms with Crippen LogP contribution in [0.15, 0.2) is 66.7 Å². The molecule has 1 aliphatic heterocycles. The molecule has 0 saturated carbocycles. The predicted molar refractivity (Wildman–Crippen MR) is 136 cm³/mol. The maximum absolute atomic E-state index is 3.63. The largest absolute Gasteiger partial charge is 0.377 e. The molecule has 0 atom stereocenters. The van der Waals surface area contributed by atoms with Crippen molar-refractivity contribution < 1.29 is 0 Å². The van der Waals surface area contributed by atoms with Gasteiger partial charge in [-0.3, -0.25) is 0 Å².